The van der Waals surface area contributed by atoms with Crippen LogP contribution in [0.5, 0.6) is 0 Å². The minimum atomic E-state index is -2.33. The third kappa shape index (κ3) is 3.76. The molecule has 0 fully saturated rings. The monoisotopic (exact) mass is 346 g/mol. The highest BCUT2D eigenvalue weighted by Gasteiger charge is 2.44. The molecular formula is C23H26OSi. The lowest BCUT2D eigenvalue weighted by Gasteiger charge is -2.37. The quantitative estimate of drug-likeness (QED) is 0.560. The topological polar surface area (TPSA) is 9.23 Å². The van der Waals surface area contributed by atoms with Crippen LogP contribution in [-0.4, -0.2) is 8.32 Å². The first-order valence-electron chi connectivity index (χ1n) is 9.06. The molecule has 0 saturated carbocycles. The minimum Gasteiger partial charge on any atom is -0.403 e. The second-order valence-corrected chi connectivity index (χ2v) is 10.5. The summed E-state index contributed by atoms with van der Waals surface area (Å²) in [5.74, 6) is 0. The van der Waals surface area contributed by atoms with Gasteiger partial charge in [0.25, 0.3) is 8.32 Å². The van der Waals surface area contributed by atoms with Crippen molar-refractivity contribution in [1.82, 2.24) is 0 Å². The van der Waals surface area contributed by atoms with Gasteiger partial charge in [-0.1, -0.05) is 111 Å². The summed E-state index contributed by atoms with van der Waals surface area (Å²) in [5.41, 5.74) is 1.72. The van der Waals surface area contributed by atoms with E-state index in [4.69, 9.17) is 4.43 Å². The van der Waals surface area contributed by atoms with Crippen LogP contribution in [0, 0.1) is 0 Å². The van der Waals surface area contributed by atoms with Crippen molar-refractivity contribution >= 4 is 18.7 Å². The van der Waals surface area contributed by atoms with E-state index >= 15 is 0 Å². The molecule has 0 heterocycles. The van der Waals surface area contributed by atoms with Crippen molar-refractivity contribution in [3.8, 4) is 0 Å². The summed E-state index contributed by atoms with van der Waals surface area (Å²) in [7, 11) is -2.33. The number of hydrogen-bond donors (Lipinski definition) is 0. The van der Waals surface area contributed by atoms with E-state index in [1.165, 1.54) is 15.9 Å². The molecule has 3 rings (SSSR count). The van der Waals surface area contributed by atoms with Crippen LogP contribution in [-0.2, 0) is 11.0 Å². The van der Waals surface area contributed by atoms with Gasteiger partial charge in [-0.15, -0.1) is 0 Å². The Bertz CT molecular complexity index is 716. The second kappa shape index (κ2) is 8.28. The average molecular weight is 347 g/mol. The zero-order chi connectivity index (χ0) is 17.5. The molecule has 128 valence electrons. The molecular weight excluding hydrogens is 320 g/mol. The van der Waals surface area contributed by atoms with Crippen molar-refractivity contribution in [2.75, 3.05) is 0 Å². The van der Waals surface area contributed by atoms with Crippen LogP contribution < -0.4 is 10.4 Å². The molecule has 1 nitrogen and oxygen atoms in total. The van der Waals surface area contributed by atoms with Crippen LogP contribution in [0.2, 0.25) is 5.54 Å². The van der Waals surface area contributed by atoms with Crippen molar-refractivity contribution < 1.29 is 4.43 Å². The molecule has 0 amide bonds. The van der Waals surface area contributed by atoms with Crippen molar-refractivity contribution in [3.05, 3.63) is 96.6 Å². The standard InChI is InChI=1S/C23H26OSi/c1-3-20(2)25(22-15-9-5-10-16-22,23-17-11-6-12-18-23)24-19-21-13-7-4-8-14-21/h4-18,20H,3,19H2,1-2H3. The zero-order valence-corrected chi connectivity index (χ0v) is 16.1. The minimum absolute atomic E-state index is 0.487. The Morgan fingerprint density at radius 2 is 1.16 bits per heavy atom. The number of hydrogen-bond acceptors (Lipinski definition) is 1. The van der Waals surface area contributed by atoms with Gasteiger partial charge in [0.1, 0.15) is 0 Å². The van der Waals surface area contributed by atoms with Gasteiger partial charge in [-0.3, -0.25) is 0 Å². The van der Waals surface area contributed by atoms with Gasteiger partial charge < -0.3 is 4.43 Å². The van der Waals surface area contributed by atoms with Gasteiger partial charge in [-0.2, -0.15) is 0 Å². The maximum absolute atomic E-state index is 6.88. The second-order valence-electron chi connectivity index (χ2n) is 6.55. The Hall–Kier alpha value is -2.16. The highest BCUT2D eigenvalue weighted by Crippen LogP contribution is 2.27. The molecule has 25 heavy (non-hydrogen) atoms. The summed E-state index contributed by atoms with van der Waals surface area (Å²) < 4.78 is 6.88. The fraction of sp³-hybridized carbons (Fsp3) is 0.217. The van der Waals surface area contributed by atoms with Gasteiger partial charge >= 0.3 is 0 Å². The smallest absolute Gasteiger partial charge is 0.258 e. The highest BCUT2D eigenvalue weighted by molar-refractivity contribution is 6.98. The van der Waals surface area contributed by atoms with Gasteiger partial charge in [0, 0.05) is 0 Å². The zero-order valence-electron chi connectivity index (χ0n) is 15.1. The van der Waals surface area contributed by atoms with E-state index in [0.717, 1.165) is 6.42 Å². The summed E-state index contributed by atoms with van der Waals surface area (Å²) in [6.45, 7) is 5.27. The van der Waals surface area contributed by atoms with Crippen molar-refractivity contribution in [2.45, 2.75) is 32.4 Å². The van der Waals surface area contributed by atoms with E-state index in [1.54, 1.807) is 0 Å². The van der Waals surface area contributed by atoms with Crippen LogP contribution in [0.4, 0.5) is 0 Å². The first-order valence-corrected chi connectivity index (χ1v) is 11.0. The highest BCUT2D eigenvalue weighted by atomic mass is 28.4. The van der Waals surface area contributed by atoms with E-state index in [2.05, 4.69) is 105 Å². The van der Waals surface area contributed by atoms with Crippen LogP contribution in [0.1, 0.15) is 25.8 Å². The Morgan fingerprint density at radius 3 is 1.60 bits per heavy atom. The molecule has 0 spiro atoms. The van der Waals surface area contributed by atoms with Crippen LogP contribution >= 0.6 is 0 Å². The van der Waals surface area contributed by atoms with Crippen molar-refractivity contribution in [2.24, 2.45) is 0 Å². The lowest BCUT2D eigenvalue weighted by atomic mass is 10.2. The molecule has 0 aromatic heterocycles. The molecule has 0 aliphatic rings. The predicted octanol–water partition coefficient (Wildman–Crippen LogP) is 4.76. The molecule has 0 aliphatic heterocycles. The molecule has 0 bridgehead atoms. The predicted molar refractivity (Wildman–Crippen MR) is 109 cm³/mol. The summed E-state index contributed by atoms with van der Waals surface area (Å²) in [4.78, 5) is 0. The molecule has 1 unspecified atom stereocenters. The van der Waals surface area contributed by atoms with Crippen LogP contribution in [0.3, 0.4) is 0 Å². The largest absolute Gasteiger partial charge is 0.403 e. The first-order chi connectivity index (χ1) is 12.3. The molecule has 1 atom stereocenters. The van der Waals surface area contributed by atoms with E-state index < -0.39 is 8.32 Å². The average Bonchev–Trinajstić information content (AvgIpc) is 2.70. The summed E-state index contributed by atoms with van der Waals surface area (Å²) in [6, 6.07) is 32.2. The lowest BCUT2D eigenvalue weighted by molar-refractivity contribution is 0.296. The van der Waals surface area contributed by atoms with E-state index in [1.807, 2.05) is 0 Å². The first kappa shape index (κ1) is 17.7. The van der Waals surface area contributed by atoms with Crippen molar-refractivity contribution in [1.29, 1.82) is 0 Å². The normalized spacial score (nSPS) is 12.7. The van der Waals surface area contributed by atoms with Gasteiger partial charge in [-0.25, -0.2) is 0 Å². The fourth-order valence-corrected chi connectivity index (χ4v) is 7.91. The van der Waals surface area contributed by atoms with Crippen LogP contribution in [0.15, 0.2) is 91.0 Å². The van der Waals surface area contributed by atoms with Gasteiger partial charge in [0.05, 0.1) is 6.61 Å². The van der Waals surface area contributed by atoms with Gasteiger partial charge in [0.2, 0.25) is 0 Å². The summed E-state index contributed by atoms with van der Waals surface area (Å²) in [5, 5.41) is 2.71. The summed E-state index contributed by atoms with van der Waals surface area (Å²) in [6.07, 6.45) is 1.10. The third-order valence-electron chi connectivity index (χ3n) is 5.02. The number of benzene rings is 3. The Morgan fingerprint density at radius 1 is 0.720 bits per heavy atom. The Kier molecular flexibility index (Phi) is 5.85. The molecule has 0 N–H and O–H groups in total. The molecule has 3 aromatic rings. The Balaban J connectivity index is 2.08. The molecule has 0 aliphatic carbocycles. The maximum atomic E-state index is 6.88. The third-order valence-corrected chi connectivity index (χ3v) is 9.80. The SMILES string of the molecule is CCC(C)[Si](OCc1ccccc1)(c1ccccc1)c1ccccc1. The Labute approximate surface area is 152 Å². The molecule has 0 radical (unpaired) electrons. The van der Waals surface area contributed by atoms with Crippen LogP contribution in [0.25, 0.3) is 0 Å². The number of rotatable bonds is 7. The molecule has 3 aromatic carbocycles. The van der Waals surface area contributed by atoms with Gasteiger partial charge in [-0.05, 0) is 21.5 Å². The van der Waals surface area contributed by atoms with E-state index in [0.29, 0.717) is 12.1 Å². The fourth-order valence-electron chi connectivity index (χ4n) is 3.47. The van der Waals surface area contributed by atoms with E-state index in [9.17, 15) is 0 Å². The molecule has 2 heteroatoms. The molecule has 0 saturated heterocycles. The lowest BCUT2D eigenvalue weighted by Crippen LogP contribution is -2.63. The maximum Gasteiger partial charge on any atom is 0.258 e. The van der Waals surface area contributed by atoms with Gasteiger partial charge in [0.15, 0.2) is 0 Å². The summed E-state index contributed by atoms with van der Waals surface area (Å²) >= 11 is 0. The van der Waals surface area contributed by atoms with E-state index in [-0.39, 0.29) is 0 Å². The van der Waals surface area contributed by atoms with Crippen molar-refractivity contribution in [3.63, 3.8) is 0 Å².